The van der Waals surface area contributed by atoms with Crippen LogP contribution in [0.3, 0.4) is 0 Å². The highest BCUT2D eigenvalue weighted by atomic mass is 32.2. The van der Waals surface area contributed by atoms with Crippen molar-refractivity contribution in [3.63, 3.8) is 0 Å². The normalized spacial score (nSPS) is 12.8. The minimum absolute atomic E-state index is 0.0514. The smallest absolute Gasteiger partial charge is 0.140 e. The van der Waals surface area contributed by atoms with Gasteiger partial charge >= 0.3 is 0 Å². The average molecular weight is 261 g/mol. The molecule has 1 unspecified atom stereocenters. The fourth-order valence-electron chi connectivity index (χ4n) is 1.47. The summed E-state index contributed by atoms with van der Waals surface area (Å²) in [6.07, 6.45) is 0.469. The van der Waals surface area contributed by atoms with Gasteiger partial charge in [0.25, 0.3) is 0 Å². The molecule has 0 saturated carbocycles. The first-order valence-electron chi connectivity index (χ1n) is 5.39. The fraction of sp³-hybridized carbons (Fsp3) is 0.500. The zero-order valence-corrected chi connectivity index (χ0v) is 10.8. The molecule has 0 aliphatic rings. The molecule has 2 nitrogen and oxygen atoms in total. The van der Waals surface area contributed by atoms with E-state index in [0.29, 0.717) is 24.3 Å². The monoisotopic (exact) mass is 261 g/mol. The van der Waals surface area contributed by atoms with E-state index in [4.69, 9.17) is 10.5 Å². The van der Waals surface area contributed by atoms with Crippen LogP contribution >= 0.6 is 11.8 Å². The molecule has 0 bridgehead atoms. The molecule has 0 fully saturated rings. The summed E-state index contributed by atoms with van der Waals surface area (Å²) in [5.74, 6) is -0.528. The maximum Gasteiger partial charge on any atom is 0.140 e. The Labute approximate surface area is 105 Å². The lowest BCUT2D eigenvalue weighted by molar-refractivity contribution is 0.218. The molecule has 17 heavy (non-hydrogen) atoms. The van der Waals surface area contributed by atoms with Gasteiger partial charge in [0.1, 0.15) is 11.6 Å². The molecule has 0 aliphatic carbocycles. The Balaban J connectivity index is 2.79. The number of rotatable bonds is 6. The molecular formula is C12H17F2NOS. The number of methoxy groups -OCH3 is 1. The van der Waals surface area contributed by atoms with E-state index in [0.717, 1.165) is 11.8 Å². The molecule has 5 heteroatoms. The van der Waals surface area contributed by atoms with Crippen LogP contribution in [0, 0.1) is 11.6 Å². The second kappa shape index (κ2) is 6.93. The summed E-state index contributed by atoms with van der Waals surface area (Å²) in [4.78, 5) is 0.0514. The van der Waals surface area contributed by atoms with Crippen molar-refractivity contribution in [1.82, 2.24) is 0 Å². The summed E-state index contributed by atoms with van der Waals surface area (Å²) in [6.45, 7) is 2.27. The molecular weight excluding hydrogens is 244 g/mol. The van der Waals surface area contributed by atoms with Crippen LogP contribution in [-0.2, 0) is 11.2 Å². The number of halogens is 2. The second-order valence-corrected chi connectivity index (χ2v) is 5.02. The lowest BCUT2D eigenvalue weighted by atomic mass is 10.1. The van der Waals surface area contributed by atoms with Gasteiger partial charge in [0, 0.05) is 18.9 Å². The van der Waals surface area contributed by atoms with Crippen molar-refractivity contribution < 1.29 is 13.5 Å². The summed E-state index contributed by atoms with van der Waals surface area (Å²) in [7, 11) is 1.55. The third kappa shape index (κ3) is 4.61. The molecule has 0 heterocycles. The number of thioether (sulfide) groups is 1. The van der Waals surface area contributed by atoms with Crippen molar-refractivity contribution in [3.05, 3.63) is 29.3 Å². The molecule has 1 rings (SSSR count). The van der Waals surface area contributed by atoms with Crippen LogP contribution in [0.15, 0.2) is 17.0 Å². The lowest BCUT2D eigenvalue weighted by Gasteiger charge is -2.09. The van der Waals surface area contributed by atoms with Gasteiger partial charge in [-0.15, -0.1) is 11.8 Å². The molecule has 0 radical (unpaired) electrons. The molecule has 0 spiro atoms. The van der Waals surface area contributed by atoms with Crippen LogP contribution < -0.4 is 5.73 Å². The highest BCUT2D eigenvalue weighted by molar-refractivity contribution is 7.99. The van der Waals surface area contributed by atoms with E-state index in [1.54, 1.807) is 14.0 Å². The van der Waals surface area contributed by atoms with Gasteiger partial charge in [0.15, 0.2) is 0 Å². The van der Waals surface area contributed by atoms with Gasteiger partial charge in [-0.25, -0.2) is 8.78 Å². The Kier molecular flexibility index (Phi) is 5.88. The molecule has 2 N–H and O–H groups in total. The maximum absolute atomic E-state index is 13.6. The highest BCUT2D eigenvalue weighted by Gasteiger charge is 2.12. The van der Waals surface area contributed by atoms with Crippen molar-refractivity contribution in [1.29, 1.82) is 0 Å². The molecule has 1 aromatic rings. The highest BCUT2D eigenvalue weighted by Crippen LogP contribution is 2.26. The number of hydrogen-bond donors (Lipinski definition) is 1. The molecule has 0 amide bonds. The Morgan fingerprint density at radius 1 is 1.35 bits per heavy atom. The first-order chi connectivity index (χ1) is 8.04. The van der Waals surface area contributed by atoms with Gasteiger partial charge in [-0.05, 0) is 31.0 Å². The Bertz CT molecular complexity index is 349. The number of nitrogens with two attached hydrogens (primary N) is 1. The SMILES string of the molecule is COCCSc1c(F)cc(CC(C)N)cc1F. The number of hydrogen-bond acceptors (Lipinski definition) is 3. The topological polar surface area (TPSA) is 35.2 Å². The van der Waals surface area contributed by atoms with Crippen LogP contribution in [0.5, 0.6) is 0 Å². The van der Waals surface area contributed by atoms with Crippen LogP contribution in [-0.4, -0.2) is 25.5 Å². The van der Waals surface area contributed by atoms with Crippen LogP contribution in [0.2, 0.25) is 0 Å². The van der Waals surface area contributed by atoms with E-state index in [1.165, 1.54) is 12.1 Å². The Hall–Kier alpha value is -0.650. The van der Waals surface area contributed by atoms with Crippen molar-refractivity contribution in [2.24, 2.45) is 5.73 Å². The zero-order chi connectivity index (χ0) is 12.8. The van der Waals surface area contributed by atoms with Gasteiger partial charge in [0.05, 0.1) is 11.5 Å². The Morgan fingerprint density at radius 3 is 2.41 bits per heavy atom. The lowest BCUT2D eigenvalue weighted by Crippen LogP contribution is -2.18. The molecule has 96 valence electrons. The summed E-state index contributed by atoms with van der Waals surface area (Å²) in [5, 5.41) is 0. The van der Waals surface area contributed by atoms with E-state index >= 15 is 0 Å². The predicted octanol–water partition coefficient (Wildman–Crippen LogP) is 2.59. The zero-order valence-electron chi connectivity index (χ0n) is 10.0. The molecule has 0 aliphatic heterocycles. The van der Waals surface area contributed by atoms with Crippen molar-refractivity contribution in [3.8, 4) is 0 Å². The summed E-state index contributed by atoms with van der Waals surface area (Å²) in [5.41, 5.74) is 6.18. The minimum atomic E-state index is -0.526. The maximum atomic E-state index is 13.6. The van der Waals surface area contributed by atoms with Crippen LogP contribution in [0.1, 0.15) is 12.5 Å². The summed E-state index contributed by atoms with van der Waals surface area (Å²) in [6, 6.07) is 2.59. The van der Waals surface area contributed by atoms with E-state index in [2.05, 4.69) is 0 Å². The van der Waals surface area contributed by atoms with Crippen molar-refractivity contribution >= 4 is 11.8 Å². The quantitative estimate of drug-likeness (QED) is 0.631. The number of ether oxygens (including phenoxy) is 1. The van der Waals surface area contributed by atoms with E-state index in [1.807, 2.05) is 0 Å². The van der Waals surface area contributed by atoms with Crippen molar-refractivity contribution in [2.45, 2.75) is 24.3 Å². The van der Waals surface area contributed by atoms with E-state index in [-0.39, 0.29) is 10.9 Å². The molecule has 0 saturated heterocycles. The standard InChI is InChI=1S/C12H17F2NOS/c1-8(15)5-9-6-10(13)12(11(14)7-9)17-4-3-16-2/h6-8H,3-5,15H2,1-2H3. The number of benzene rings is 1. The second-order valence-electron chi connectivity index (χ2n) is 3.91. The van der Waals surface area contributed by atoms with E-state index < -0.39 is 11.6 Å². The fourth-order valence-corrected chi connectivity index (χ4v) is 2.31. The Morgan fingerprint density at radius 2 is 1.94 bits per heavy atom. The predicted molar refractivity (Wildman–Crippen MR) is 66.3 cm³/mol. The van der Waals surface area contributed by atoms with Gasteiger partial charge in [-0.1, -0.05) is 0 Å². The summed E-state index contributed by atoms with van der Waals surface area (Å²) < 4.78 is 32.1. The van der Waals surface area contributed by atoms with Crippen LogP contribution in [0.25, 0.3) is 0 Å². The van der Waals surface area contributed by atoms with E-state index in [9.17, 15) is 8.78 Å². The van der Waals surface area contributed by atoms with Crippen molar-refractivity contribution in [2.75, 3.05) is 19.5 Å². The first-order valence-corrected chi connectivity index (χ1v) is 6.38. The van der Waals surface area contributed by atoms with Gasteiger partial charge in [-0.3, -0.25) is 0 Å². The molecule has 1 aromatic carbocycles. The largest absolute Gasteiger partial charge is 0.384 e. The minimum Gasteiger partial charge on any atom is -0.384 e. The third-order valence-corrected chi connectivity index (χ3v) is 3.20. The van der Waals surface area contributed by atoms with Gasteiger partial charge in [-0.2, -0.15) is 0 Å². The average Bonchev–Trinajstić information content (AvgIpc) is 2.21. The molecule has 0 aromatic heterocycles. The van der Waals surface area contributed by atoms with Gasteiger partial charge < -0.3 is 10.5 Å². The summed E-state index contributed by atoms with van der Waals surface area (Å²) >= 11 is 1.12. The van der Waals surface area contributed by atoms with Gasteiger partial charge in [0.2, 0.25) is 0 Å². The third-order valence-electron chi connectivity index (χ3n) is 2.15. The van der Waals surface area contributed by atoms with Crippen LogP contribution in [0.4, 0.5) is 8.78 Å². The molecule has 1 atom stereocenters. The first kappa shape index (κ1) is 14.4.